The van der Waals surface area contributed by atoms with Crippen molar-refractivity contribution in [2.24, 2.45) is 11.8 Å². The molecule has 0 aromatic carbocycles. The lowest BCUT2D eigenvalue weighted by Crippen LogP contribution is -2.43. The van der Waals surface area contributed by atoms with Crippen LogP contribution in [-0.4, -0.2) is 30.7 Å². The van der Waals surface area contributed by atoms with Gasteiger partial charge in [0.05, 0.1) is 0 Å². The van der Waals surface area contributed by atoms with E-state index in [0.717, 1.165) is 36.8 Å². The molecule has 1 aliphatic heterocycles. The van der Waals surface area contributed by atoms with E-state index in [4.69, 9.17) is 0 Å². The van der Waals surface area contributed by atoms with Gasteiger partial charge in [0.15, 0.2) is 0 Å². The summed E-state index contributed by atoms with van der Waals surface area (Å²) in [6, 6.07) is 6.88. The normalized spacial score (nSPS) is 28.4. The van der Waals surface area contributed by atoms with Gasteiger partial charge in [0.25, 0.3) is 0 Å². The largest absolute Gasteiger partial charge is 0.357 e. The number of nitrogens with zero attached hydrogens (tertiary/aromatic N) is 2. The molecule has 2 unspecified atom stereocenters. The van der Waals surface area contributed by atoms with Gasteiger partial charge >= 0.3 is 0 Å². The molecule has 18 heavy (non-hydrogen) atoms. The minimum Gasteiger partial charge on any atom is -0.357 e. The summed E-state index contributed by atoms with van der Waals surface area (Å²) in [6.07, 6.45) is 5.81. The molecule has 0 radical (unpaired) electrons. The predicted molar refractivity (Wildman–Crippen MR) is 74.7 cm³/mol. The Hall–Kier alpha value is -1.09. The van der Waals surface area contributed by atoms with E-state index in [1.54, 1.807) is 0 Å². The van der Waals surface area contributed by atoms with Crippen molar-refractivity contribution in [2.45, 2.75) is 32.2 Å². The second-order valence-corrected chi connectivity index (χ2v) is 5.83. The summed E-state index contributed by atoms with van der Waals surface area (Å²) in [7, 11) is 0. The van der Waals surface area contributed by atoms with Crippen LogP contribution in [-0.2, 0) is 0 Å². The average molecular weight is 245 g/mol. The van der Waals surface area contributed by atoms with Crippen molar-refractivity contribution in [1.82, 2.24) is 10.3 Å². The van der Waals surface area contributed by atoms with Gasteiger partial charge in [-0.05, 0) is 49.8 Å². The SMILES string of the molecule is CC1CC1CNC1CCN(c2ccccn2)CC1. The maximum atomic E-state index is 4.43. The number of hydrogen-bond acceptors (Lipinski definition) is 3. The first-order chi connectivity index (χ1) is 8.83. The van der Waals surface area contributed by atoms with E-state index < -0.39 is 0 Å². The number of nitrogens with one attached hydrogen (secondary N) is 1. The summed E-state index contributed by atoms with van der Waals surface area (Å²) in [6.45, 7) is 5.86. The van der Waals surface area contributed by atoms with Gasteiger partial charge in [-0.15, -0.1) is 0 Å². The summed E-state index contributed by atoms with van der Waals surface area (Å²) in [5.74, 6) is 3.05. The lowest BCUT2D eigenvalue weighted by Gasteiger charge is -2.33. The Bertz CT molecular complexity index is 371. The fourth-order valence-electron chi connectivity index (χ4n) is 2.86. The molecule has 0 amide bonds. The lowest BCUT2D eigenvalue weighted by molar-refractivity contribution is 0.404. The summed E-state index contributed by atoms with van der Waals surface area (Å²) >= 11 is 0. The van der Waals surface area contributed by atoms with E-state index in [9.17, 15) is 0 Å². The zero-order valence-electron chi connectivity index (χ0n) is 11.2. The molecule has 98 valence electrons. The predicted octanol–water partition coefficient (Wildman–Crippen LogP) is 2.30. The second-order valence-electron chi connectivity index (χ2n) is 5.83. The zero-order chi connectivity index (χ0) is 12.4. The molecule has 1 saturated heterocycles. The summed E-state index contributed by atoms with van der Waals surface area (Å²) < 4.78 is 0. The minimum atomic E-state index is 0.720. The molecule has 1 saturated carbocycles. The molecule has 3 nitrogen and oxygen atoms in total. The molecule has 1 N–H and O–H groups in total. The molecule has 3 heteroatoms. The van der Waals surface area contributed by atoms with Gasteiger partial charge in [-0.3, -0.25) is 0 Å². The maximum Gasteiger partial charge on any atom is 0.128 e. The van der Waals surface area contributed by atoms with Gasteiger partial charge in [0.2, 0.25) is 0 Å². The van der Waals surface area contributed by atoms with Crippen molar-refractivity contribution in [3.8, 4) is 0 Å². The Morgan fingerprint density at radius 3 is 2.72 bits per heavy atom. The van der Waals surface area contributed by atoms with E-state index in [0.29, 0.717) is 0 Å². The lowest BCUT2D eigenvalue weighted by atomic mass is 10.0. The van der Waals surface area contributed by atoms with Gasteiger partial charge in [-0.25, -0.2) is 4.98 Å². The van der Waals surface area contributed by atoms with Crippen molar-refractivity contribution >= 4 is 5.82 Å². The summed E-state index contributed by atoms with van der Waals surface area (Å²) in [5.41, 5.74) is 0. The maximum absolute atomic E-state index is 4.43. The van der Waals surface area contributed by atoms with E-state index in [-0.39, 0.29) is 0 Å². The topological polar surface area (TPSA) is 28.2 Å². The highest BCUT2D eigenvalue weighted by atomic mass is 15.2. The number of piperidine rings is 1. The van der Waals surface area contributed by atoms with Crippen LogP contribution in [0.4, 0.5) is 5.82 Å². The van der Waals surface area contributed by atoms with E-state index in [2.05, 4.69) is 34.3 Å². The second kappa shape index (κ2) is 5.27. The number of hydrogen-bond donors (Lipinski definition) is 1. The molecular weight excluding hydrogens is 222 g/mol. The first kappa shape index (κ1) is 12.0. The molecule has 0 bridgehead atoms. The molecular formula is C15H23N3. The standard InChI is InChI=1S/C15H23N3/c1-12-10-13(12)11-17-14-5-8-18(9-6-14)15-4-2-3-7-16-15/h2-4,7,12-14,17H,5-6,8-11H2,1H3. The van der Waals surface area contributed by atoms with Gasteiger partial charge in [-0.1, -0.05) is 13.0 Å². The van der Waals surface area contributed by atoms with Crippen molar-refractivity contribution < 1.29 is 0 Å². The van der Waals surface area contributed by atoms with Crippen LogP contribution >= 0.6 is 0 Å². The molecule has 3 rings (SSSR count). The van der Waals surface area contributed by atoms with Gasteiger partial charge in [0, 0.05) is 25.3 Å². The van der Waals surface area contributed by atoms with Crippen molar-refractivity contribution in [2.75, 3.05) is 24.5 Å². The number of aromatic nitrogens is 1. The molecule has 1 aromatic rings. The Kier molecular flexibility index (Phi) is 3.50. The molecule has 1 aliphatic carbocycles. The summed E-state index contributed by atoms with van der Waals surface area (Å²) in [5, 5.41) is 3.74. The summed E-state index contributed by atoms with van der Waals surface area (Å²) in [4.78, 5) is 6.83. The zero-order valence-corrected chi connectivity index (χ0v) is 11.2. The van der Waals surface area contributed by atoms with E-state index in [1.807, 2.05) is 12.3 Å². The van der Waals surface area contributed by atoms with E-state index in [1.165, 1.54) is 25.8 Å². The first-order valence-corrected chi connectivity index (χ1v) is 7.22. The Balaban J connectivity index is 1.43. The van der Waals surface area contributed by atoms with Gasteiger partial charge in [-0.2, -0.15) is 0 Å². The Morgan fingerprint density at radius 1 is 1.33 bits per heavy atom. The van der Waals surface area contributed by atoms with Crippen LogP contribution in [0, 0.1) is 11.8 Å². The van der Waals surface area contributed by atoms with Crippen molar-refractivity contribution in [1.29, 1.82) is 0 Å². The van der Waals surface area contributed by atoms with Crippen LogP contribution in [0.15, 0.2) is 24.4 Å². The van der Waals surface area contributed by atoms with E-state index >= 15 is 0 Å². The molecule has 2 atom stereocenters. The quantitative estimate of drug-likeness (QED) is 0.882. The fourth-order valence-corrected chi connectivity index (χ4v) is 2.86. The van der Waals surface area contributed by atoms with Crippen molar-refractivity contribution in [3.05, 3.63) is 24.4 Å². The number of anilines is 1. The molecule has 1 aromatic heterocycles. The van der Waals surface area contributed by atoms with Gasteiger partial charge in [0.1, 0.15) is 5.82 Å². The third kappa shape index (κ3) is 2.83. The van der Waals surface area contributed by atoms with Crippen LogP contribution in [0.2, 0.25) is 0 Å². The van der Waals surface area contributed by atoms with Crippen LogP contribution in [0.1, 0.15) is 26.2 Å². The average Bonchev–Trinajstić information content (AvgIpc) is 3.14. The fraction of sp³-hybridized carbons (Fsp3) is 0.667. The Morgan fingerprint density at radius 2 is 2.11 bits per heavy atom. The molecule has 2 aliphatic rings. The highest BCUT2D eigenvalue weighted by Gasteiger charge is 2.32. The smallest absolute Gasteiger partial charge is 0.128 e. The first-order valence-electron chi connectivity index (χ1n) is 7.22. The molecule has 2 fully saturated rings. The molecule has 0 spiro atoms. The number of rotatable bonds is 4. The van der Waals surface area contributed by atoms with Crippen LogP contribution in [0.5, 0.6) is 0 Å². The minimum absolute atomic E-state index is 0.720. The van der Waals surface area contributed by atoms with Crippen molar-refractivity contribution in [3.63, 3.8) is 0 Å². The van der Waals surface area contributed by atoms with Crippen LogP contribution in [0.3, 0.4) is 0 Å². The third-order valence-electron chi connectivity index (χ3n) is 4.41. The Labute approximate surface area is 110 Å². The highest BCUT2D eigenvalue weighted by Crippen LogP contribution is 2.37. The van der Waals surface area contributed by atoms with Gasteiger partial charge < -0.3 is 10.2 Å². The monoisotopic (exact) mass is 245 g/mol. The number of pyridine rings is 1. The third-order valence-corrected chi connectivity index (χ3v) is 4.41. The highest BCUT2D eigenvalue weighted by molar-refractivity contribution is 5.38. The molecule has 2 heterocycles. The van der Waals surface area contributed by atoms with Crippen LogP contribution < -0.4 is 10.2 Å². The van der Waals surface area contributed by atoms with Crippen LogP contribution in [0.25, 0.3) is 0 Å².